The number of amides is 1. The van der Waals surface area contributed by atoms with Gasteiger partial charge in [0.15, 0.2) is 11.5 Å². The van der Waals surface area contributed by atoms with Gasteiger partial charge in [-0.3, -0.25) is 4.79 Å². The van der Waals surface area contributed by atoms with Crippen LogP contribution >= 0.6 is 11.8 Å². The number of ether oxygens (including phenoxy) is 2. The van der Waals surface area contributed by atoms with E-state index in [0.717, 1.165) is 22.6 Å². The predicted molar refractivity (Wildman–Crippen MR) is 131 cm³/mol. The van der Waals surface area contributed by atoms with Crippen molar-refractivity contribution in [3.63, 3.8) is 0 Å². The van der Waals surface area contributed by atoms with Gasteiger partial charge in [0.1, 0.15) is 24.1 Å². The van der Waals surface area contributed by atoms with Gasteiger partial charge in [-0.15, -0.1) is 10.2 Å². The van der Waals surface area contributed by atoms with E-state index >= 15 is 0 Å². The zero-order chi connectivity index (χ0) is 23.2. The lowest BCUT2D eigenvalue weighted by atomic mass is 10.0. The van der Waals surface area contributed by atoms with Gasteiger partial charge in [0.25, 0.3) is 0 Å². The van der Waals surface area contributed by atoms with Crippen LogP contribution in [0.1, 0.15) is 0 Å². The molecule has 1 aliphatic heterocycles. The highest BCUT2D eigenvalue weighted by atomic mass is 32.2. The predicted octanol–water partition coefficient (Wildman–Crippen LogP) is 4.25. The van der Waals surface area contributed by atoms with Crippen LogP contribution in [0, 0.1) is 0 Å². The summed E-state index contributed by atoms with van der Waals surface area (Å²) in [6, 6.07) is 27.2. The molecule has 1 unspecified atom stereocenters. The molecule has 0 fully saturated rings. The van der Waals surface area contributed by atoms with E-state index in [0.29, 0.717) is 29.8 Å². The standard InChI is InChI=1S/C26H22N4O3S/c31-23(27-15-20-16-32-21-13-7-8-14-22(21)33-20)17-34-26-28-24(18-9-3-1-4-10-18)25(29-30-26)19-11-5-2-6-12-19/h1-14,20H,15-17H2,(H,27,31). The van der Waals surface area contributed by atoms with Gasteiger partial charge in [0.05, 0.1) is 12.3 Å². The highest BCUT2D eigenvalue weighted by Crippen LogP contribution is 2.31. The van der Waals surface area contributed by atoms with Crippen LogP contribution in [0.3, 0.4) is 0 Å². The van der Waals surface area contributed by atoms with Crippen LogP contribution in [0.4, 0.5) is 0 Å². The van der Waals surface area contributed by atoms with Gasteiger partial charge < -0.3 is 14.8 Å². The molecule has 3 aromatic carbocycles. The van der Waals surface area contributed by atoms with E-state index in [1.807, 2.05) is 84.9 Å². The Kier molecular flexibility index (Phi) is 6.67. The van der Waals surface area contributed by atoms with Crippen molar-refractivity contribution in [1.82, 2.24) is 20.5 Å². The normalized spacial score (nSPS) is 14.4. The molecular weight excluding hydrogens is 448 g/mol. The Morgan fingerprint density at radius 3 is 2.24 bits per heavy atom. The Bertz CT molecular complexity index is 1270. The number of hydrogen-bond acceptors (Lipinski definition) is 7. The largest absolute Gasteiger partial charge is 0.486 e. The lowest BCUT2D eigenvalue weighted by Crippen LogP contribution is -2.41. The summed E-state index contributed by atoms with van der Waals surface area (Å²) in [7, 11) is 0. The number of nitrogens with one attached hydrogen (secondary N) is 1. The Labute approximate surface area is 201 Å². The fraction of sp³-hybridized carbons (Fsp3) is 0.154. The van der Waals surface area contributed by atoms with Crippen molar-refractivity contribution in [1.29, 1.82) is 0 Å². The first-order valence-electron chi connectivity index (χ1n) is 10.9. The van der Waals surface area contributed by atoms with Crippen molar-refractivity contribution < 1.29 is 14.3 Å². The summed E-state index contributed by atoms with van der Waals surface area (Å²) in [5.74, 6) is 1.45. The molecule has 170 valence electrons. The SMILES string of the molecule is O=C(CSc1nnc(-c2ccccc2)c(-c2ccccc2)n1)NCC1COc2ccccc2O1. The number of carbonyl (C=O) groups excluding carboxylic acids is 1. The summed E-state index contributed by atoms with van der Waals surface area (Å²) in [4.78, 5) is 17.2. The van der Waals surface area contributed by atoms with E-state index in [2.05, 4.69) is 15.5 Å². The molecule has 7 nitrogen and oxygen atoms in total. The molecule has 5 rings (SSSR count). The molecular formula is C26H22N4O3S. The van der Waals surface area contributed by atoms with Crippen LogP contribution in [-0.4, -0.2) is 46.1 Å². The minimum absolute atomic E-state index is 0.135. The lowest BCUT2D eigenvalue weighted by molar-refractivity contribution is -0.119. The molecule has 1 N–H and O–H groups in total. The quantitative estimate of drug-likeness (QED) is 0.404. The second-order valence-corrected chi connectivity index (χ2v) is 8.56. The van der Waals surface area contributed by atoms with Crippen molar-refractivity contribution in [3.8, 4) is 34.0 Å². The maximum atomic E-state index is 12.4. The minimum Gasteiger partial charge on any atom is -0.486 e. The number of nitrogens with zero attached hydrogens (tertiary/aromatic N) is 3. The van der Waals surface area contributed by atoms with Gasteiger partial charge in [-0.25, -0.2) is 4.98 Å². The van der Waals surface area contributed by atoms with Crippen LogP contribution in [0.25, 0.3) is 22.5 Å². The fourth-order valence-corrected chi connectivity index (χ4v) is 4.15. The van der Waals surface area contributed by atoms with Crippen LogP contribution in [0.5, 0.6) is 11.5 Å². The topological polar surface area (TPSA) is 86.2 Å². The molecule has 0 saturated heterocycles. The number of benzene rings is 3. The van der Waals surface area contributed by atoms with Crippen molar-refractivity contribution >= 4 is 17.7 Å². The smallest absolute Gasteiger partial charge is 0.230 e. The van der Waals surface area contributed by atoms with Crippen LogP contribution < -0.4 is 14.8 Å². The van der Waals surface area contributed by atoms with Crippen LogP contribution in [0.2, 0.25) is 0 Å². The first-order chi connectivity index (χ1) is 16.8. The Morgan fingerprint density at radius 2 is 1.50 bits per heavy atom. The number of hydrogen-bond donors (Lipinski definition) is 1. The molecule has 0 bridgehead atoms. The van der Waals surface area contributed by atoms with Crippen LogP contribution in [-0.2, 0) is 4.79 Å². The molecule has 0 saturated carbocycles. The molecule has 0 radical (unpaired) electrons. The molecule has 1 atom stereocenters. The number of carbonyl (C=O) groups is 1. The van der Waals surface area contributed by atoms with Crippen molar-refractivity contribution in [3.05, 3.63) is 84.9 Å². The second kappa shape index (κ2) is 10.4. The first kappa shape index (κ1) is 21.9. The summed E-state index contributed by atoms with van der Waals surface area (Å²) in [6.45, 7) is 0.744. The number of para-hydroxylation sites is 2. The number of fused-ring (bicyclic) bond motifs is 1. The van der Waals surface area contributed by atoms with Crippen LogP contribution in [0.15, 0.2) is 90.1 Å². The van der Waals surface area contributed by atoms with Gasteiger partial charge in [-0.2, -0.15) is 0 Å². The van der Waals surface area contributed by atoms with E-state index in [-0.39, 0.29) is 17.8 Å². The van der Waals surface area contributed by atoms with Gasteiger partial charge >= 0.3 is 0 Å². The van der Waals surface area contributed by atoms with Gasteiger partial charge in [0.2, 0.25) is 11.1 Å². The van der Waals surface area contributed by atoms with E-state index in [1.54, 1.807) is 0 Å². The summed E-state index contributed by atoms with van der Waals surface area (Å²) >= 11 is 1.25. The Hall–Kier alpha value is -3.91. The molecule has 2 heterocycles. The zero-order valence-corrected chi connectivity index (χ0v) is 19.1. The number of aromatic nitrogens is 3. The third-order valence-electron chi connectivity index (χ3n) is 5.19. The molecule has 8 heteroatoms. The average Bonchev–Trinajstić information content (AvgIpc) is 2.91. The Balaban J connectivity index is 1.23. The summed E-state index contributed by atoms with van der Waals surface area (Å²) in [5.41, 5.74) is 3.32. The molecule has 34 heavy (non-hydrogen) atoms. The van der Waals surface area contributed by atoms with Crippen molar-refractivity contribution in [2.75, 3.05) is 18.9 Å². The van der Waals surface area contributed by atoms with E-state index in [9.17, 15) is 4.79 Å². The van der Waals surface area contributed by atoms with Gasteiger partial charge in [-0.05, 0) is 12.1 Å². The molecule has 1 aliphatic rings. The van der Waals surface area contributed by atoms with Gasteiger partial charge in [0, 0.05) is 11.1 Å². The van der Waals surface area contributed by atoms with E-state index in [1.165, 1.54) is 11.8 Å². The lowest BCUT2D eigenvalue weighted by Gasteiger charge is -2.26. The highest BCUT2D eigenvalue weighted by Gasteiger charge is 2.21. The fourth-order valence-electron chi connectivity index (χ4n) is 3.53. The maximum absolute atomic E-state index is 12.4. The second-order valence-electron chi connectivity index (χ2n) is 7.61. The zero-order valence-electron chi connectivity index (χ0n) is 18.3. The number of thioether (sulfide) groups is 1. The molecule has 1 aromatic heterocycles. The summed E-state index contributed by atoms with van der Waals surface area (Å²) < 4.78 is 11.6. The third kappa shape index (κ3) is 5.18. The molecule has 0 spiro atoms. The maximum Gasteiger partial charge on any atom is 0.230 e. The summed E-state index contributed by atoms with van der Waals surface area (Å²) in [6.07, 6.45) is -0.239. The van der Waals surface area contributed by atoms with E-state index < -0.39 is 0 Å². The van der Waals surface area contributed by atoms with Crippen molar-refractivity contribution in [2.24, 2.45) is 0 Å². The number of rotatable bonds is 7. The monoisotopic (exact) mass is 470 g/mol. The summed E-state index contributed by atoms with van der Waals surface area (Å²) in [5, 5.41) is 12.0. The minimum atomic E-state index is -0.239. The van der Waals surface area contributed by atoms with E-state index in [4.69, 9.17) is 14.5 Å². The Morgan fingerprint density at radius 1 is 0.853 bits per heavy atom. The third-order valence-corrected chi connectivity index (χ3v) is 6.03. The van der Waals surface area contributed by atoms with Gasteiger partial charge in [-0.1, -0.05) is 84.6 Å². The highest BCUT2D eigenvalue weighted by molar-refractivity contribution is 7.99. The molecule has 1 amide bonds. The molecule has 4 aromatic rings. The average molecular weight is 471 g/mol. The van der Waals surface area contributed by atoms with Crippen molar-refractivity contribution in [2.45, 2.75) is 11.3 Å². The first-order valence-corrected chi connectivity index (χ1v) is 11.9. The molecule has 0 aliphatic carbocycles.